The summed E-state index contributed by atoms with van der Waals surface area (Å²) in [6, 6.07) is 15.4. The van der Waals surface area contributed by atoms with Gasteiger partial charge in [0.2, 0.25) is 5.91 Å². The van der Waals surface area contributed by atoms with E-state index in [2.05, 4.69) is 29.8 Å². The average Bonchev–Trinajstić information content (AvgIpc) is 2.66. The maximum Gasteiger partial charge on any atom is 0.232 e. The molecule has 0 N–H and O–H groups in total. The number of halogens is 1. The fourth-order valence-electron chi connectivity index (χ4n) is 4.47. The molecule has 0 saturated heterocycles. The van der Waals surface area contributed by atoms with Crippen LogP contribution in [-0.2, 0) is 9.59 Å². The number of methoxy groups -OCH3 is 1. The molecule has 0 fully saturated rings. The van der Waals surface area contributed by atoms with Crippen LogP contribution in [0.5, 0.6) is 5.75 Å². The van der Waals surface area contributed by atoms with Crippen LogP contribution in [0.2, 0.25) is 0 Å². The Labute approximate surface area is 179 Å². The summed E-state index contributed by atoms with van der Waals surface area (Å²) >= 11 is 3.50. The molecule has 0 radical (unpaired) electrons. The third-order valence-corrected chi connectivity index (χ3v) is 6.20. The minimum absolute atomic E-state index is 0.0140. The lowest BCUT2D eigenvalue weighted by molar-refractivity contribution is -0.121. The number of hydrogen-bond acceptors (Lipinski definition) is 3. The standard InChI is InChI=1S/C24H24BrNO3/c1-24(2)13-20-23(21(27)14-24)19(15-6-4-9-18(10-15)29-3)12-22(28)26(20)17-8-5-7-16(25)11-17/h4-11,19H,12-14H2,1-3H3. The van der Waals surface area contributed by atoms with E-state index in [0.29, 0.717) is 12.8 Å². The molecule has 2 aromatic carbocycles. The van der Waals surface area contributed by atoms with Crippen LogP contribution in [0.1, 0.15) is 44.6 Å². The van der Waals surface area contributed by atoms with Crippen molar-refractivity contribution in [1.82, 2.24) is 0 Å². The first-order chi connectivity index (χ1) is 13.8. The second-order valence-electron chi connectivity index (χ2n) is 8.54. The van der Waals surface area contributed by atoms with Crippen LogP contribution in [0.25, 0.3) is 0 Å². The Balaban J connectivity index is 1.90. The summed E-state index contributed by atoms with van der Waals surface area (Å²) < 4.78 is 6.27. The largest absolute Gasteiger partial charge is 0.497 e. The highest BCUT2D eigenvalue weighted by molar-refractivity contribution is 9.10. The summed E-state index contributed by atoms with van der Waals surface area (Å²) in [4.78, 5) is 28.4. The third-order valence-electron chi connectivity index (χ3n) is 5.71. The van der Waals surface area contributed by atoms with Gasteiger partial charge in [0.15, 0.2) is 5.78 Å². The number of anilines is 1. The minimum atomic E-state index is -0.236. The Morgan fingerprint density at radius 3 is 2.55 bits per heavy atom. The number of amides is 1. The highest BCUT2D eigenvalue weighted by Gasteiger charge is 2.44. The van der Waals surface area contributed by atoms with E-state index in [-0.39, 0.29) is 29.4 Å². The van der Waals surface area contributed by atoms with Gasteiger partial charge in [0.25, 0.3) is 0 Å². The number of hydrogen-bond donors (Lipinski definition) is 0. The summed E-state index contributed by atoms with van der Waals surface area (Å²) in [6.45, 7) is 4.18. The van der Waals surface area contributed by atoms with Crippen LogP contribution in [0.3, 0.4) is 0 Å². The van der Waals surface area contributed by atoms with E-state index in [1.54, 1.807) is 12.0 Å². The molecule has 4 rings (SSSR count). The Morgan fingerprint density at radius 2 is 1.83 bits per heavy atom. The van der Waals surface area contributed by atoms with Gasteiger partial charge in [-0.15, -0.1) is 0 Å². The van der Waals surface area contributed by atoms with E-state index < -0.39 is 0 Å². The first-order valence-corrected chi connectivity index (χ1v) is 10.6. The molecule has 1 aliphatic heterocycles. The Kier molecular flexibility index (Phi) is 5.11. The van der Waals surface area contributed by atoms with Crippen molar-refractivity contribution >= 4 is 33.3 Å². The molecule has 2 aromatic rings. The molecule has 2 aliphatic rings. The minimum Gasteiger partial charge on any atom is -0.497 e. The summed E-state index contributed by atoms with van der Waals surface area (Å²) in [5.41, 5.74) is 3.18. The highest BCUT2D eigenvalue weighted by atomic mass is 79.9. The van der Waals surface area contributed by atoms with Crippen LogP contribution >= 0.6 is 15.9 Å². The molecule has 0 aromatic heterocycles. The number of benzene rings is 2. The van der Waals surface area contributed by atoms with Crippen molar-refractivity contribution in [3.8, 4) is 5.75 Å². The fourth-order valence-corrected chi connectivity index (χ4v) is 4.86. The molecule has 150 valence electrons. The Morgan fingerprint density at radius 1 is 1.07 bits per heavy atom. The van der Waals surface area contributed by atoms with E-state index in [9.17, 15) is 9.59 Å². The van der Waals surface area contributed by atoms with E-state index in [0.717, 1.165) is 32.7 Å². The van der Waals surface area contributed by atoms with Gasteiger partial charge in [-0.1, -0.05) is 48.0 Å². The molecule has 0 spiro atoms. The van der Waals surface area contributed by atoms with Crippen LogP contribution in [0.15, 0.2) is 64.3 Å². The zero-order chi connectivity index (χ0) is 20.8. The number of carbonyl (C=O) groups excluding carboxylic acids is 2. The van der Waals surface area contributed by atoms with Crippen molar-refractivity contribution in [1.29, 1.82) is 0 Å². The molecule has 1 atom stereocenters. The van der Waals surface area contributed by atoms with Gasteiger partial charge < -0.3 is 4.74 Å². The van der Waals surface area contributed by atoms with Crippen molar-refractivity contribution in [3.05, 3.63) is 69.8 Å². The molecule has 1 aliphatic carbocycles. The van der Waals surface area contributed by atoms with Crippen molar-refractivity contribution in [2.75, 3.05) is 12.0 Å². The number of ether oxygens (including phenoxy) is 1. The highest BCUT2D eigenvalue weighted by Crippen LogP contribution is 2.48. The maximum atomic E-state index is 13.4. The van der Waals surface area contributed by atoms with Gasteiger partial charge >= 0.3 is 0 Å². The molecule has 1 heterocycles. The van der Waals surface area contributed by atoms with E-state index in [4.69, 9.17) is 4.74 Å². The predicted molar refractivity (Wildman–Crippen MR) is 117 cm³/mol. The summed E-state index contributed by atoms with van der Waals surface area (Å²) in [7, 11) is 1.62. The lowest BCUT2D eigenvalue weighted by Crippen LogP contribution is -2.43. The van der Waals surface area contributed by atoms with E-state index in [1.165, 1.54) is 0 Å². The van der Waals surface area contributed by atoms with Gasteiger partial charge in [-0.2, -0.15) is 0 Å². The van der Waals surface area contributed by atoms with Crippen molar-refractivity contribution < 1.29 is 14.3 Å². The lowest BCUT2D eigenvalue weighted by atomic mass is 9.69. The quantitative estimate of drug-likeness (QED) is 0.605. The number of allylic oxidation sites excluding steroid dienone is 2. The molecule has 1 unspecified atom stereocenters. The zero-order valence-electron chi connectivity index (χ0n) is 16.9. The van der Waals surface area contributed by atoms with E-state index >= 15 is 0 Å². The van der Waals surface area contributed by atoms with Gasteiger partial charge in [0.1, 0.15) is 5.75 Å². The average molecular weight is 454 g/mol. The summed E-state index contributed by atoms with van der Waals surface area (Å²) in [5, 5.41) is 0. The van der Waals surface area contributed by atoms with Crippen LogP contribution in [0.4, 0.5) is 5.69 Å². The molecular weight excluding hydrogens is 430 g/mol. The fraction of sp³-hybridized carbons (Fsp3) is 0.333. The van der Waals surface area contributed by atoms with Crippen LogP contribution < -0.4 is 9.64 Å². The van der Waals surface area contributed by atoms with Gasteiger partial charge in [-0.3, -0.25) is 14.5 Å². The van der Waals surface area contributed by atoms with Crippen LogP contribution in [0, 0.1) is 5.41 Å². The van der Waals surface area contributed by atoms with Crippen LogP contribution in [-0.4, -0.2) is 18.8 Å². The number of nitrogens with zero attached hydrogens (tertiary/aromatic N) is 1. The second-order valence-corrected chi connectivity index (χ2v) is 9.46. The van der Waals surface area contributed by atoms with E-state index in [1.807, 2.05) is 48.5 Å². The van der Waals surface area contributed by atoms with Gasteiger partial charge in [0.05, 0.1) is 7.11 Å². The summed E-state index contributed by atoms with van der Waals surface area (Å²) in [6.07, 6.45) is 1.45. The molecule has 0 bridgehead atoms. The molecule has 5 heteroatoms. The molecular formula is C24H24BrNO3. The topological polar surface area (TPSA) is 46.6 Å². The summed E-state index contributed by atoms with van der Waals surface area (Å²) in [5.74, 6) is 0.645. The number of carbonyl (C=O) groups is 2. The molecule has 1 amide bonds. The predicted octanol–water partition coefficient (Wildman–Crippen LogP) is 5.62. The molecule has 0 saturated carbocycles. The number of rotatable bonds is 3. The van der Waals surface area contributed by atoms with Crippen molar-refractivity contribution in [2.24, 2.45) is 5.41 Å². The van der Waals surface area contributed by atoms with Crippen molar-refractivity contribution in [3.63, 3.8) is 0 Å². The monoisotopic (exact) mass is 453 g/mol. The smallest absolute Gasteiger partial charge is 0.232 e. The number of ketones is 1. The van der Waals surface area contributed by atoms with Crippen molar-refractivity contribution in [2.45, 2.75) is 39.0 Å². The molecule has 29 heavy (non-hydrogen) atoms. The Hall–Kier alpha value is -2.40. The van der Waals surface area contributed by atoms with Gasteiger partial charge in [-0.25, -0.2) is 0 Å². The Bertz CT molecular complexity index is 1020. The van der Waals surface area contributed by atoms with Gasteiger partial charge in [0, 0.05) is 40.2 Å². The maximum absolute atomic E-state index is 13.4. The second kappa shape index (κ2) is 7.45. The zero-order valence-corrected chi connectivity index (χ0v) is 18.5. The van der Waals surface area contributed by atoms with Gasteiger partial charge in [-0.05, 0) is 47.7 Å². The third kappa shape index (κ3) is 3.76. The normalized spacial score (nSPS) is 21.2. The first kappa shape index (κ1) is 19.9. The first-order valence-electron chi connectivity index (χ1n) is 9.78. The lowest BCUT2D eigenvalue weighted by Gasteiger charge is -2.43. The SMILES string of the molecule is COc1cccc(C2CC(=O)N(c3cccc(Br)c3)C3=C2C(=O)CC(C)(C)C3)c1. The number of Topliss-reactive ketones (excluding diaryl/α,β-unsaturated/α-hetero) is 1. The molecule has 4 nitrogen and oxygen atoms in total.